The molecule has 5 heteroatoms. The molecule has 0 bridgehead atoms. The van der Waals surface area contributed by atoms with E-state index in [2.05, 4.69) is 16.4 Å². The minimum atomic E-state index is 0.390. The van der Waals surface area contributed by atoms with Crippen LogP contribution in [0.2, 0.25) is 5.02 Å². The molecule has 3 aromatic rings. The van der Waals surface area contributed by atoms with E-state index in [4.69, 9.17) is 11.6 Å². The zero-order valence-corrected chi connectivity index (χ0v) is 11.1. The van der Waals surface area contributed by atoms with E-state index in [1.165, 1.54) is 4.68 Å². The molecule has 0 aliphatic rings. The van der Waals surface area contributed by atoms with Crippen molar-refractivity contribution in [3.8, 4) is 6.07 Å². The van der Waals surface area contributed by atoms with E-state index in [0.29, 0.717) is 10.7 Å². The lowest BCUT2D eigenvalue weighted by atomic mass is 10.2. The molecule has 0 atom stereocenters. The molecule has 0 aliphatic heterocycles. The molecule has 0 radical (unpaired) electrons. The highest BCUT2D eigenvalue weighted by molar-refractivity contribution is 6.30. The van der Waals surface area contributed by atoms with Gasteiger partial charge in [-0.05, 0) is 35.9 Å². The molecule has 20 heavy (non-hydrogen) atoms. The zero-order chi connectivity index (χ0) is 13.9. The fraction of sp³-hybridized carbons (Fsp3) is 0. The van der Waals surface area contributed by atoms with Crippen LogP contribution in [0.15, 0.2) is 48.5 Å². The number of fused-ring (bicyclic) bond motifs is 1. The number of allylic oxidation sites excluding steroid dienone is 1. The highest BCUT2D eigenvalue weighted by Gasteiger charge is 2.07. The summed E-state index contributed by atoms with van der Waals surface area (Å²) < 4.78 is 1.52. The molecular weight excluding hydrogens is 272 g/mol. The molecule has 0 unspecified atom stereocenters. The van der Waals surface area contributed by atoms with Gasteiger partial charge in [-0.1, -0.05) is 41.1 Å². The first-order chi connectivity index (χ1) is 9.78. The van der Waals surface area contributed by atoms with Crippen molar-refractivity contribution < 1.29 is 0 Å². The molecule has 96 valence electrons. The molecular formula is C15H9ClN4. The van der Waals surface area contributed by atoms with Crippen LogP contribution in [-0.2, 0) is 0 Å². The third-order valence-corrected chi connectivity index (χ3v) is 3.08. The van der Waals surface area contributed by atoms with Crippen molar-refractivity contribution >= 4 is 34.4 Å². The Morgan fingerprint density at radius 2 is 2.05 bits per heavy atom. The van der Waals surface area contributed by atoms with Crippen LogP contribution in [0.4, 0.5) is 0 Å². The number of hydrogen-bond acceptors (Lipinski definition) is 3. The van der Waals surface area contributed by atoms with E-state index < -0.39 is 0 Å². The Hall–Kier alpha value is -2.64. The fourth-order valence-corrected chi connectivity index (χ4v) is 2.14. The molecule has 0 fully saturated rings. The van der Waals surface area contributed by atoms with E-state index in [9.17, 15) is 5.26 Å². The lowest BCUT2D eigenvalue weighted by Gasteiger charge is -2.00. The average Bonchev–Trinajstić information content (AvgIpc) is 2.89. The van der Waals surface area contributed by atoms with E-state index in [1.54, 1.807) is 18.2 Å². The summed E-state index contributed by atoms with van der Waals surface area (Å²) in [5, 5.41) is 18.0. The van der Waals surface area contributed by atoms with Gasteiger partial charge >= 0.3 is 0 Å². The predicted octanol–water partition coefficient (Wildman–Crippen LogP) is 3.61. The van der Waals surface area contributed by atoms with Gasteiger partial charge in [0.25, 0.3) is 0 Å². The minimum Gasteiger partial charge on any atom is -0.202 e. The molecule has 1 aromatic heterocycles. The monoisotopic (exact) mass is 280 g/mol. The largest absolute Gasteiger partial charge is 0.202 e. The second-order valence-corrected chi connectivity index (χ2v) is 4.62. The number of benzene rings is 2. The number of para-hydroxylation sites is 1. The van der Waals surface area contributed by atoms with Crippen LogP contribution in [0, 0.1) is 11.3 Å². The SMILES string of the molecule is N#C/C(=C/c1cccc(Cl)c1)n1nnc2ccccc21. The normalized spacial score (nSPS) is 11.5. The van der Waals surface area contributed by atoms with Crippen LogP contribution in [0.25, 0.3) is 22.8 Å². The van der Waals surface area contributed by atoms with Gasteiger partial charge in [0, 0.05) is 5.02 Å². The lowest BCUT2D eigenvalue weighted by molar-refractivity contribution is 0.848. The van der Waals surface area contributed by atoms with Crippen LogP contribution >= 0.6 is 11.6 Å². The van der Waals surface area contributed by atoms with Crippen LogP contribution in [-0.4, -0.2) is 15.0 Å². The number of halogens is 1. The summed E-state index contributed by atoms with van der Waals surface area (Å²) in [6.07, 6.45) is 1.73. The summed E-state index contributed by atoms with van der Waals surface area (Å²) >= 11 is 5.94. The number of nitrogens with zero attached hydrogens (tertiary/aromatic N) is 4. The summed E-state index contributed by atoms with van der Waals surface area (Å²) in [5.41, 5.74) is 2.77. The first kappa shape index (κ1) is 12.4. The van der Waals surface area contributed by atoms with Gasteiger partial charge in [-0.25, -0.2) is 4.68 Å². The highest BCUT2D eigenvalue weighted by atomic mass is 35.5. The van der Waals surface area contributed by atoms with E-state index in [0.717, 1.165) is 16.6 Å². The van der Waals surface area contributed by atoms with Crippen LogP contribution in [0.1, 0.15) is 5.56 Å². The molecule has 2 aromatic carbocycles. The van der Waals surface area contributed by atoms with Crippen LogP contribution in [0.5, 0.6) is 0 Å². The molecule has 0 spiro atoms. The first-order valence-corrected chi connectivity index (χ1v) is 6.34. The van der Waals surface area contributed by atoms with Crippen molar-refractivity contribution in [1.29, 1.82) is 5.26 Å². The summed E-state index contributed by atoms with van der Waals surface area (Å²) in [6, 6.07) is 16.9. The zero-order valence-electron chi connectivity index (χ0n) is 10.4. The van der Waals surface area contributed by atoms with Crippen molar-refractivity contribution in [3.05, 3.63) is 59.1 Å². The number of nitriles is 1. The van der Waals surface area contributed by atoms with Crippen LogP contribution in [0.3, 0.4) is 0 Å². The molecule has 3 rings (SSSR count). The molecule has 0 aliphatic carbocycles. The van der Waals surface area contributed by atoms with Gasteiger partial charge in [-0.2, -0.15) is 5.26 Å². The Balaban J connectivity index is 2.13. The molecule has 0 saturated heterocycles. The Morgan fingerprint density at radius 3 is 2.85 bits per heavy atom. The number of aromatic nitrogens is 3. The maximum absolute atomic E-state index is 9.35. The van der Waals surface area contributed by atoms with Gasteiger partial charge in [0.15, 0.2) is 0 Å². The number of hydrogen-bond donors (Lipinski definition) is 0. The Bertz CT molecular complexity index is 842. The lowest BCUT2D eigenvalue weighted by Crippen LogP contribution is -1.97. The van der Waals surface area contributed by atoms with Crippen molar-refractivity contribution in [3.63, 3.8) is 0 Å². The summed E-state index contributed by atoms with van der Waals surface area (Å²) in [6.45, 7) is 0. The molecule has 0 N–H and O–H groups in total. The second-order valence-electron chi connectivity index (χ2n) is 4.19. The Labute approximate surface area is 120 Å². The van der Waals surface area contributed by atoms with Gasteiger partial charge in [0.05, 0.1) is 5.52 Å². The maximum atomic E-state index is 9.35. The molecule has 4 nitrogen and oxygen atoms in total. The first-order valence-electron chi connectivity index (χ1n) is 5.96. The molecule has 0 amide bonds. The molecule has 1 heterocycles. The van der Waals surface area contributed by atoms with Gasteiger partial charge in [0.2, 0.25) is 0 Å². The predicted molar refractivity (Wildman–Crippen MR) is 78.8 cm³/mol. The Kier molecular flexibility index (Phi) is 3.20. The maximum Gasteiger partial charge on any atom is 0.145 e. The smallest absolute Gasteiger partial charge is 0.145 e. The van der Waals surface area contributed by atoms with Gasteiger partial charge in [0.1, 0.15) is 17.3 Å². The third-order valence-electron chi connectivity index (χ3n) is 2.85. The molecule has 0 saturated carbocycles. The highest BCUT2D eigenvalue weighted by Crippen LogP contribution is 2.18. The fourth-order valence-electron chi connectivity index (χ4n) is 1.94. The van der Waals surface area contributed by atoms with E-state index >= 15 is 0 Å². The average molecular weight is 281 g/mol. The second kappa shape index (κ2) is 5.16. The summed E-state index contributed by atoms with van der Waals surface area (Å²) in [7, 11) is 0. The van der Waals surface area contributed by atoms with Crippen molar-refractivity contribution in [2.24, 2.45) is 0 Å². The van der Waals surface area contributed by atoms with Gasteiger partial charge in [-0.3, -0.25) is 0 Å². The van der Waals surface area contributed by atoms with Gasteiger partial charge < -0.3 is 0 Å². The summed E-state index contributed by atoms with van der Waals surface area (Å²) in [4.78, 5) is 0. The van der Waals surface area contributed by atoms with E-state index in [-0.39, 0.29) is 0 Å². The summed E-state index contributed by atoms with van der Waals surface area (Å²) in [5.74, 6) is 0. The van der Waals surface area contributed by atoms with Crippen molar-refractivity contribution in [2.45, 2.75) is 0 Å². The minimum absolute atomic E-state index is 0.390. The van der Waals surface area contributed by atoms with Gasteiger partial charge in [-0.15, -0.1) is 5.10 Å². The standard InChI is InChI=1S/C15H9ClN4/c16-12-5-3-4-11(8-12)9-13(10-17)20-15-7-2-1-6-14(15)18-19-20/h1-9H/b13-9-. The number of rotatable bonds is 2. The Morgan fingerprint density at radius 1 is 1.20 bits per heavy atom. The van der Waals surface area contributed by atoms with Crippen LogP contribution < -0.4 is 0 Å². The quantitative estimate of drug-likeness (QED) is 0.674. The van der Waals surface area contributed by atoms with E-state index in [1.807, 2.05) is 36.4 Å². The van der Waals surface area contributed by atoms with Crippen molar-refractivity contribution in [2.75, 3.05) is 0 Å². The van der Waals surface area contributed by atoms with Crippen molar-refractivity contribution in [1.82, 2.24) is 15.0 Å². The third kappa shape index (κ3) is 2.27. The topological polar surface area (TPSA) is 54.5 Å².